The molecule has 0 saturated carbocycles. The van der Waals surface area contributed by atoms with E-state index in [0.717, 1.165) is 5.56 Å². The zero-order chi connectivity index (χ0) is 14.7. The standard InChI is InChI=1S/C15H13N3O3/c1-2-20-15(19)12-14(18-10-6-9-16-18)21-13(17-12)11-7-4-3-5-8-11/h3-10H,2H2,1H3. The van der Waals surface area contributed by atoms with Gasteiger partial charge in [0.1, 0.15) is 0 Å². The van der Waals surface area contributed by atoms with Gasteiger partial charge in [0.05, 0.1) is 6.61 Å². The first-order valence-electron chi connectivity index (χ1n) is 6.53. The van der Waals surface area contributed by atoms with E-state index in [2.05, 4.69) is 10.1 Å². The smallest absolute Gasteiger partial charge is 0.362 e. The van der Waals surface area contributed by atoms with Crippen molar-refractivity contribution in [1.29, 1.82) is 0 Å². The van der Waals surface area contributed by atoms with E-state index in [1.54, 1.807) is 25.4 Å². The lowest BCUT2D eigenvalue weighted by molar-refractivity contribution is 0.0519. The average molecular weight is 283 g/mol. The summed E-state index contributed by atoms with van der Waals surface area (Å²) in [5, 5.41) is 4.07. The van der Waals surface area contributed by atoms with Crippen molar-refractivity contribution in [3.05, 3.63) is 54.5 Å². The predicted molar refractivity (Wildman–Crippen MR) is 75.0 cm³/mol. The van der Waals surface area contributed by atoms with Crippen molar-refractivity contribution < 1.29 is 13.9 Å². The molecule has 0 aliphatic carbocycles. The number of esters is 1. The number of nitrogens with zero attached hydrogens (tertiary/aromatic N) is 3. The van der Waals surface area contributed by atoms with Crippen molar-refractivity contribution in [2.24, 2.45) is 0 Å². The van der Waals surface area contributed by atoms with E-state index >= 15 is 0 Å². The molecule has 2 heterocycles. The number of rotatable bonds is 4. The summed E-state index contributed by atoms with van der Waals surface area (Å²) in [7, 11) is 0. The van der Waals surface area contributed by atoms with Crippen LogP contribution in [0.4, 0.5) is 0 Å². The second-order valence-electron chi connectivity index (χ2n) is 4.21. The predicted octanol–water partition coefficient (Wildman–Crippen LogP) is 2.70. The molecule has 106 valence electrons. The van der Waals surface area contributed by atoms with Gasteiger partial charge >= 0.3 is 5.97 Å². The Morgan fingerprint density at radius 3 is 2.76 bits per heavy atom. The number of hydrogen-bond acceptors (Lipinski definition) is 5. The number of benzene rings is 1. The van der Waals surface area contributed by atoms with Crippen LogP contribution in [0, 0.1) is 0 Å². The SMILES string of the molecule is CCOC(=O)c1nc(-c2ccccc2)oc1-n1cccn1. The molecule has 0 atom stereocenters. The van der Waals surface area contributed by atoms with Gasteiger partial charge in [-0.2, -0.15) is 10.1 Å². The van der Waals surface area contributed by atoms with Crippen LogP contribution in [0.5, 0.6) is 0 Å². The van der Waals surface area contributed by atoms with Gasteiger partial charge in [-0.3, -0.25) is 0 Å². The minimum atomic E-state index is -0.533. The third-order valence-corrected chi connectivity index (χ3v) is 2.81. The lowest BCUT2D eigenvalue weighted by Gasteiger charge is -2.00. The van der Waals surface area contributed by atoms with Gasteiger partial charge in [-0.15, -0.1) is 0 Å². The number of ether oxygens (including phenoxy) is 1. The van der Waals surface area contributed by atoms with Crippen LogP contribution in [0.25, 0.3) is 17.3 Å². The van der Waals surface area contributed by atoms with Gasteiger partial charge < -0.3 is 9.15 Å². The van der Waals surface area contributed by atoms with E-state index in [-0.39, 0.29) is 18.2 Å². The Kier molecular flexibility index (Phi) is 3.51. The fraction of sp³-hybridized carbons (Fsp3) is 0.133. The summed E-state index contributed by atoms with van der Waals surface area (Å²) in [6.07, 6.45) is 3.28. The van der Waals surface area contributed by atoms with Crippen LogP contribution in [0.2, 0.25) is 0 Å². The van der Waals surface area contributed by atoms with Crippen molar-refractivity contribution in [3.8, 4) is 17.3 Å². The highest BCUT2D eigenvalue weighted by Crippen LogP contribution is 2.24. The number of aromatic nitrogens is 3. The molecule has 0 aliphatic rings. The second-order valence-corrected chi connectivity index (χ2v) is 4.21. The highest BCUT2D eigenvalue weighted by Gasteiger charge is 2.23. The summed E-state index contributed by atoms with van der Waals surface area (Å²) in [6.45, 7) is 2.01. The zero-order valence-corrected chi connectivity index (χ0v) is 11.4. The Morgan fingerprint density at radius 2 is 2.10 bits per heavy atom. The van der Waals surface area contributed by atoms with Crippen LogP contribution in [-0.2, 0) is 4.74 Å². The Bertz CT molecular complexity index is 733. The zero-order valence-electron chi connectivity index (χ0n) is 11.4. The maximum atomic E-state index is 12.0. The Morgan fingerprint density at radius 1 is 1.29 bits per heavy atom. The highest BCUT2D eigenvalue weighted by molar-refractivity contribution is 5.91. The van der Waals surface area contributed by atoms with Gasteiger partial charge in [-0.1, -0.05) is 18.2 Å². The van der Waals surface area contributed by atoms with Crippen molar-refractivity contribution >= 4 is 5.97 Å². The molecule has 0 fully saturated rings. The van der Waals surface area contributed by atoms with Gasteiger partial charge in [0, 0.05) is 18.0 Å². The molecule has 0 amide bonds. The molecular formula is C15H13N3O3. The van der Waals surface area contributed by atoms with Gasteiger partial charge in [0.25, 0.3) is 5.88 Å². The van der Waals surface area contributed by atoms with Crippen LogP contribution < -0.4 is 0 Å². The van der Waals surface area contributed by atoms with E-state index < -0.39 is 5.97 Å². The minimum Gasteiger partial charge on any atom is -0.461 e. The van der Waals surface area contributed by atoms with Crippen LogP contribution in [0.1, 0.15) is 17.4 Å². The monoisotopic (exact) mass is 283 g/mol. The fourth-order valence-electron chi connectivity index (χ4n) is 1.89. The summed E-state index contributed by atoms with van der Waals surface area (Å²) >= 11 is 0. The van der Waals surface area contributed by atoms with Crippen LogP contribution >= 0.6 is 0 Å². The fourth-order valence-corrected chi connectivity index (χ4v) is 1.89. The quantitative estimate of drug-likeness (QED) is 0.688. The molecule has 0 saturated heterocycles. The summed E-state index contributed by atoms with van der Waals surface area (Å²) in [6, 6.07) is 11.1. The molecule has 2 aromatic heterocycles. The molecule has 0 radical (unpaired) electrons. The van der Waals surface area contributed by atoms with Gasteiger partial charge in [-0.05, 0) is 25.1 Å². The van der Waals surface area contributed by atoms with E-state index in [0.29, 0.717) is 5.89 Å². The van der Waals surface area contributed by atoms with Crippen LogP contribution in [-0.4, -0.2) is 27.3 Å². The maximum absolute atomic E-state index is 12.0. The molecule has 0 N–H and O–H groups in total. The van der Waals surface area contributed by atoms with E-state index in [1.807, 2.05) is 30.3 Å². The summed E-state index contributed by atoms with van der Waals surface area (Å²) in [4.78, 5) is 16.3. The largest absolute Gasteiger partial charge is 0.461 e. The van der Waals surface area contributed by atoms with Crippen molar-refractivity contribution in [1.82, 2.24) is 14.8 Å². The lowest BCUT2D eigenvalue weighted by atomic mass is 10.2. The summed E-state index contributed by atoms with van der Waals surface area (Å²) in [5.74, 6) is 0.0652. The summed E-state index contributed by atoms with van der Waals surface area (Å²) < 4.78 is 12.2. The number of hydrogen-bond donors (Lipinski definition) is 0. The molecule has 6 heteroatoms. The Hall–Kier alpha value is -2.89. The third kappa shape index (κ3) is 2.55. The van der Waals surface area contributed by atoms with Crippen LogP contribution in [0.3, 0.4) is 0 Å². The molecule has 6 nitrogen and oxygen atoms in total. The topological polar surface area (TPSA) is 70.2 Å². The third-order valence-electron chi connectivity index (χ3n) is 2.81. The highest BCUT2D eigenvalue weighted by atomic mass is 16.5. The first kappa shape index (κ1) is 13.1. The molecule has 0 bridgehead atoms. The minimum absolute atomic E-state index is 0.111. The average Bonchev–Trinajstić information content (AvgIpc) is 3.17. The molecule has 0 unspecified atom stereocenters. The Labute approximate surface area is 121 Å². The van der Waals surface area contributed by atoms with Crippen LogP contribution in [0.15, 0.2) is 53.2 Å². The molecule has 21 heavy (non-hydrogen) atoms. The van der Waals surface area contributed by atoms with E-state index in [1.165, 1.54) is 4.68 Å². The number of oxazole rings is 1. The van der Waals surface area contributed by atoms with Gasteiger partial charge in [-0.25, -0.2) is 9.48 Å². The molecule has 0 spiro atoms. The number of carbonyl (C=O) groups is 1. The van der Waals surface area contributed by atoms with Crippen molar-refractivity contribution in [2.75, 3.05) is 6.61 Å². The molecule has 3 rings (SSSR count). The maximum Gasteiger partial charge on any atom is 0.362 e. The van der Waals surface area contributed by atoms with Gasteiger partial charge in [0.2, 0.25) is 11.6 Å². The van der Waals surface area contributed by atoms with E-state index in [9.17, 15) is 4.79 Å². The van der Waals surface area contributed by atoms with E-state index in [4.69, 9.17) is 9.15 Å². The molecule has 3 aromatic rings. The van der Waals surface area contributed by atoms with Crippen molar-refractivity contribution in [2.45, 2.75) is 6.92 Å². The second kappa shape index (κ2) is 5.62. The number of carbonyl (C=O) groups excluding carboxylic acids is 1. The molecule has 0 aliphatic heterocycles. The lowest BCUT2D eigenvalue weighted by Crippen LogP contribution is -2.09. The molecule has 1 aromatic carbocycles. The summed E-state index contributed by atoms with van der Waals surface area (Å²) in [5.41, 5.74) is 0.890. The first-order valence-corrected chi connectivity index (χ1v) is 6.53. The normalized spacial score (nSPS) is 10.5. The molecular weight excluding hydrogens is 270 g/mol. The first-order chi connectivity index (χ1) is 10.3. The van der Waals surface area contributed by atoms with Gasteiger partial charge in [0.15, 0.2) is 0 Å². The Balaban J connectivity index is 2.09. The van der Waals surface area contributed by atoms with Crippen molar-refractivity contribution in [3.63, 3.8) is 0 Å².